The fourth-order valence-corrected chi connectivity index (χ4v) is 3.63. The van der Waals surface area contributed by atoms with Gasteiger partial charge >= 0.3 is 0 Å². The van der Waals surface area contributed by atoms with Crippen LogP contribution < -0.4 is 5.32 Å². The zero-order chi connectivity index (χ0) is 12.5. The lowest BCUT2D eigenvalue weighted by atomic mass is 9.98. The smallest absolute Gasteiger partial charge is 0.142 e. The number of pyridine rings is 1. The van der Waals surface area contributed by atoms with E-state index in [1.165, 1.54) is 29.0 Å². The van der Waals surface area contributed by atoms with Gasteiger partial charge in [0, 0.05) is 17.1 Å². The third-order valence-electron chi connectivity index (χ3n) is 3.43. The third-order valence-corrected chi connectivity index (χ3v) is 4.66. The Hall–Kier alpha value is -1.26. The molecule has 1 N–H and O–H groups in total. The van der Waals surface area contributed by atoms with E-state index in [9.17, 15) is 0 Å². The van der Waals surface area contributed by atoms with E-state index in [1.54, 1.807) is 11.3 Å². The van der Waals surface area contributed by atoms with Crippen molar-refractivity contribution in [2.75, 3.05) is 7.05 Å². The molecule has 0 fully saturated rings. The minimum Gasteiger partial charge on any atom is -0.312 e. The van der Waals surface area contributed by atoms with Gasteiger partial charge in [0.15, 0.2) is 0 Å². The molecule has 0 amide bonds. The Bertz CT molecular complexity index is 545. The maximum Gasteiger partial charge on any atom is 0.142 e. The highest BCUT2D eigenvalue weighted by Gasteiger charge is 2.23. The predicted octanol–water partition coefficient (Wildman–Crippen LogP) is 3.11. The average Bonchev–Trinajstić information content (AvgIpc) is 2.83. The zero-order valence-corrected chi connectivity index (χ0v) is 11.5. The Balaban J connectivity index is 1.99. The minimum atomic E-state index is 0.477. The van der Waals surface area contributed by atoms with Crippen LogP contribution in [0.4, 0.5) is 0 Å². The van der Waals surface area contributed by atoms with Gasteiger partial charge in [-0.2, -0.15) is 0 Å². The highest BCUT2D eigenvalue weighted by molar-refractivity contribution is 7.15. The Kier molecular flexibility index (Phi) is 3.14. The van der Waals surface area contributed by atoms with Gasteiger partial charge in [0.1, 0.15) is 5.01 Å². The molecule has 3 nitrogen and oxygen atoms in total. The summed E-state index contributed by atoms with van der Waals surface area (Å²) < 4.78 is 0. The number of rotatable bonds is 2. The second-order valence-corrected chi connectivity index (χ2v) is 5.81. The summed E-state index contributed by atoms with van der Waals surface area (Å²) in [5, 5.41) is 4.44. The summed E-state index contributed by atoms with van der Waals surface area (Å²) in [4.78, 5) is 10.6. The maximum atomic E-state index is 4.76. The third kappa shape index (κ3) is 2.06. The van der Waals surface area contributed by atoms with Crippen molar-refractivity contribution in [3.63, 3.8) is 0 Å². The van der Waals surface area contributed by atoms with Crippen LogP contribution in [0.1, 0.15) is 35.0 Å². The Morgan fingerprint density at radius 1 is 1.39 bits per heavy atom. The van der Waals surface area contributed by atoms with Crippen LogP contribution in [0.5, 0.6) is 0 Å². The zero-order valence-electron chi connectivity index (χ0n) is 10.7. The van der Waals surface area contributed by atoms with Crippen molar-refractivity contribution in [3.05, 3.63) is 34.5 Å². The number of thiazole rings is 1. The van der Waals surface area contributed by atoms with Gasteiger partial charge in [-0.3, -0.25) is 4.98 Å². The summed E-state index contributed by atoms with van der Waals surface area (Å²) in [6.07, 6.45) is 5.45. The van der Waals surface area contributed by atoms with Crippen LogP contribution in [0.25, 0.3) is 10.7 Å². The molecule has 1 aliphatic carbocycles. The normalized spacial score (nSPS) is 18.7. The van der Waals surface area contributed by atoms with Gasteiger partial charge in [-0.05, 0) is 44.9 Å². The van der Waals surface area contributed by atoms with E-state index >= 15 is 0 Å². The fourth-order valence-electron chi connectivity index (χ4n) is 2.40. The molecular weight excluding hydrogens is 242 g/mol. The Labute approximate surface area is 111 Å². The SMILES string of the molecule is CNC1CCCc2nc(-c3ccc(C)cn3)sc21. The van der Waals surface area contributed by atoms with Gasteiger partial charge in [-0.15, -0.1) is 11.3 Å². The summed E-state index contributed by atoms with van der Waals surface area (Å²) in [7, 11) is 2.03. The molecule has 1 aliphatic rings. The van der Waals surface area contributed by atoms with Gasteiger partial charge in [0.2, 0.25) is 0 Å². The van der Waals surface area contributed by atoms with E-state index in [-0.39, 0.29) is 0 Å². The number of nitrogens with zero attached hydrogens (tertiary/aromatic N) is 2. The lowest BCUT2D eigenvalue weighted by Gasteiger charge is -2.19. The lowest BCUT2D eigenvalue weighted by Crippen LogP contribution is -2.19. The quantitative estimate of drug-likeness (QED) is 0.900. The molecule has 4 heteroatoms. The topological polar surface area (TPSA) is 37.8 Å². The van der Waals surface area contributed by atoms with E-state index in [2.05, 4.69) is 29.4 Å². The van der Waals surface area contributed by atoms with E-state index in [0.717, 1.165) is 17.1 Å². The van der Waals surface area contributed by atoms with E-state index in [0.29, 0.717) is 6.04 Å². The van der Waals surface area contributed by atoms with Crippen molar-refractivity contribution < 1.29 is 0 Å². The fraction of sp³-hybridized carbons (Fsp3) is 0.429. The first-order chi connectivity index (χ1) is 8.78. The van der Waals surface area contributed by atoms with Crippen molar-refractivity contribution in [2.45, 2.75) is 32.2 Å². The molecular formula is C14H17N3S. The van der Waals surface area contributed by atoms with E-state index in [1.807, 2.05) is 13.2 Å². The summed E-state index contributed by atoms with van der Waals surface area (Å²) in [5.41, 5.74) is 3.45. The number of aryl methyl sites for hydroxylation is 2. The molecule has 0 radical (unpaired) electrons. The standard InChI is InChI=1S/C14H17N3S/c1-9-6-7-12(16-8-9)14-17-11-5-3-4-10(15-2)13(11)18-14/h6-8,10,15H,3-5H2,1-2H3. The van der Waals surface area contributed by atoms with Crippen LogP contribution in [0.2, 0.25) is 0 Å². The van der Waals surface area contributed by atoms with Crippen molar-refractivity contribution in [2.24, 2.45) is 0 Å². The van der Waals surface area contributed by atoms with Crippen molar-refractivity contribution >= 4 is 11.3 Å². The first-order valence-electron chi connectivity index (χ1n) is 6.38. The van der Waals surface area contributed by atoms with Crippen LogP contribution >= 0.6 is 11.3 Å². The van der Waals surface area contributed by atoms with Crippen LogP contribution in [-0.4, -0.2) is 17.0 Å². The molecule has 1 atom stereocenters. The molecule has 2 heterocycles. The van der Waals surface area contributed by atoms with Crippen molar-refractivity contribution in [1.29, 1.82) is 0 Å². The van der Waals surface area contributed by atoms with Crippen LogP contribution in [0.3, 0.4) is 0 Å². The van der Waals surface area contributed by atoms with Gasteiger partial charge in [-0.25, -0.2) is 4.98 Å². The molecule has 2 aromatic heterocycles. The van der Waals surface area contributed by atoms with Crippen LogP contribution in [0, 0.1) is 6.92 Å². The predicted molar refractivity (Wildman–Crippen MR) is 74.8 cm³/mol. The van der Waals surface area contributed by atoms with Gasteiger partial charge in [-0.1, -0.05) is 6.07 Å². The molecule has 0 spiro atoms. The molecule has 0 saturated carbocycles. The summed E-state index contributed by atoms with van der Waals surface area (Å²) >= 11 is 1.79. The van der Waals surface area contributed by atoms with E-state index < -0.39 is 0 Å². The van der Waals surface area contributed by atoms with Crippen LogP contribution in [-0.2, 0) is 6.42 Å². The number of hydrogen-bond donors (Lipinski definition) is 1. The lowest BCUT2D eigenvalue weighted by molar-refractivity contribution is 0.501. The highest BCUT2D eigenvalue weighted by atomic mass is 32.1. The number of aromatic nitrogens is 2. The average molecular weight is 259 g/mol. The number of hydrogen-bond acceptors (Lipinski definition) is 4. The van der Waals surface area contributed by atoms with Gasteiger partial charge in [0.25, 0.3) is 0 Å². The number of nitrogens with one attached hydrogen (secondary N) is 1. The Morgan fingerprint density at radius 3 is 3.00 bits per heavy atom. The molecule has 3 rings (SSSR count). The maximum absolute atomic E-state index is 4.76. The molecule has 2 aromatic rings. The Morgan fingerprint density at radius 2 is 2.28 bits per heavy atom. The van der Waals surface area contributed by atoms with E-state index in [4.69, 9.17) is 4.98 Å². The monoisotopic (exact) mass is 259 g/mol. The molecule has 1 unspecified atom stereocenters. The van der Waals surface area contributed by atoms with Gasteiger partial charge < -0.3 is 5.32 Å². The minimum absolute atomic E-state index is 0.477. The van der Waals surface area contributed by atoms with Crippen LogP contribution in [0.15, 0.2) is 18.3 Å². The first-order valence-corrected chi connectivity index (χ1v) is 7.19. The largest absolute Gasteiger partial charge is 0.312 e. The second-order valence-electron chi connectivity index (χ2n) is 4.78. The second kappa shape index (κ2) is 4.78. The first kappa shape index (κ1) is 11.8. The summed E-state index contributed by atoms with van der Waals surface area (Å²) in [5.74, 6) is 0. The molecule has 94 valence electrons. The molecule has 0 aliphatic heterocycles. The van der Waals surface area contributed by atoms with Crippen molar-refractivity contribution in [1.82, 2.24) is 15.3 Å². The molecule has 18 heavy (non-hydrogen) atoms. The molecule has 0 aromatic carbocycles. The van der Waals surface area contributed by atoms with Crippen molar-refractivity contribution in [3.8, 4) is 10.7 Å². The molecule has 0 saturated heterocycles. The summed E-state index contributed by atoms with van der Waals surface area (Å²) in [6, 6.07) is 4.64. The van der Waals surface area contributed by atoms with Gasteiger partial charge in [0.05, 0.1) is 11.4 Å². The summed E-state index contributed by atoms with van der Waals surface area (Å²) in [6.45, 7) is 2.06. The molecule has 0 bridgehead atoms. The highest BCUT2D eigenvalue weighted by Crippen LogP contribution is 2.37. The number of fused-ring (bicyclic) bond motifs is 1.